The summed E-state index contributed by atoms with van der Waals surface area (Å²) in [7, 11) is 3.93. The molecule has 112 valence electrons. The molecule has 1 atom stereocenters. The lowest BCUT2D eigenvalue weighted by molar-refractivity contribution is 0.110. The van der Waals surface area contributed by atoms with E-state index in [4.69, 9.17) is 10.5 Å². The molecular formula is C17H28N2O. The Hall–Kier alpha value is -1.06. The average molecular weight is 276 g/mol. The van der Waals surface area contributed by atoms with E-state index in [0.29, 0.717) is 5.41 Å². The predicted octanol–water partition coefficient (Wildman–Crippen LogP) is 3.03. The Morgan fingerprint density at radius 1 is 1.25 bits per heavy atom. The Balaban J connectivity index is 2.16. The highest BCUT2D eigenvalue weighted by Gasteiger charge is 2.44. The summed E-state index contributed by atoms with van der Waals surface area (Å²) in [5, 5.41) is 0. The van der Waals surface area contributed by atoms with Crippen molar-refractivity contribution >= 4 is 0 Å². The maximum absolute atomic E-state index is 6.14. The van der Waals surface area contributed by atoms with Gasteiger partial charge in [-0.05, 0) is 37.8 Å². The number of hydrogen-bond donors (Lipinski definition) is 1. The molecule has 1 saturated carbocycles. The zero-order valence-electron chi connectivity index (χ0n) is 13.3. The van der Waals surface area contributed by atoms with Gasteiger partial charge in [0.15, 0.2) is 0 Å². The molecule has 1 aliphatic carbocycles. The smallest absolute Gasteiger partial charge is 0.123 e. The summed E-state index contributed by atoms with van der Waals surface area (Å²) in [5.74, 6) is 0.962. The van der Waals surface area contributed by atoms with Gasteiger partial charge in [0.2, 0.25) is 0 Å². The van der Waals surface area contributed by atoms with Crippen molar-refractivity contribution in [1.29, 1.82) is 0 Å². The molecule has 20 heavy (non-hydrogen) atoms. The summed E-state index contributed by atoms with van der Waals surface area (Å²) in [5.41, 5.74) is 7.90. The van der Waals surface area contributed by atoms with Gasteiger partial charge in [0.1, 0.15) is 5.75 Å². The zero-order chi connectivity index (χ0) is 14.8. The first-order chi connectivity index (χ1) is 9.42. The van der Waals surface area contributed by atoms with Crippen molar-refractivity contribution in [3.63, 3.8) is 0 Å². The first-order valence-electron chi connectivity index (χ1n) is 7.46. The number of hydrogen-bond acceptors (Lipinski definition) is 3. The van der Waals surface area contributed by atoms with Gasteiger partial charge in [0.05, 0.1) is 7.11 Å². The van der Waals surface area contributed by atoms with Gasteiger partial charge in [-0.2, -0.15) is 0 Å². The molecule has 0 amide bonds. The topological polar surface area (TPSA) is 38.5 Å². The molecule has 1 aromatic carbocycles. The number of benzene rings is 1. The van der Waals surface area contributed by atoms with E-state index in [2.05, 4.69) is 37.9 Å². The van der Waals surface area contributed by atoms with Crippen LogP contribution in [0.2, 0.25) is 0 Å². The van der Waals surface area contributed by atoms with Gasteiger partial charge >= 0.3 is 0 Å². The van der Waals surface area contributed by atoms with Crippen molar-refractivity contribution in [2.24, 2.45) is 11.1 Å². The van der Waals surface area contributed by atoms with Crippen LogP contribution in [0.5, 0.6) is 5.75 Å². The van der Waals surface area contributed by atoms with E-state index < -0.39 is 0 Å². The summed E-state index contributed by atoms with van der Waals surface area (Å²) in [6, 6.07) is 8.25. The second-order valence-electron chi connectivity index (χ2n) is 6.94. The van der Waals surface area contributed by atoms with Gasteiger partial charge in [0, 0.05) is 24.2 Å². The molecule has 0 aromatic heterocycles. The van der Waals surface area contributed by atoms with E-state index in [1.165, 1.54) is 24.8 Å². The first-order valence-corrected chi connectivity index (χ1v) is 7.46. The summed E-state index contributed by atoms with van der Waals surface area (Å²) in [6.45, 7) is 6.31. The molecule has 3 nitrogen and oxygen atoms in total. The fourth-order valence-electron chi connectivity index (χ4n) is 3.55. The number of likely N-dealkylation sites (N-methyl/N-ethyl adjacent to an activating group) is 1. The van der Waals surface area contributed by atoms with Gasteiger partial charge in [-0.25, -0.2) is 0 Å². The second kappa shape index (κ2) is 5.74. The van der Waals surface area contributed by atoms with Crippen LogP contribution < -0.4 is 10.5 Å². The van der Waals surface area contributed by atoms with Gasteiger partial charge < -0.3 is 10.5 Å². The third kappa shape index (κ3) is 2.99. The quantitative estimate of drug-likeness (QED) is 0.898. The second-order valence-corrected chi connectivity index (χ2v) is 6.94. The van der Waals surface area contributed by atoms with Gasteiger partial charge in [-0.3, -0.25) is 4.90 Å². The minimum absolute atomic E-state index is 0.129. The Kier molecular flexibility index (Phi) is 4.40. The van der Waals surface area contributed by atoms with Crippen LogP contribution in [0.15, 0.2) is 24.3 Å². The fourth-order valence-corrected chi connectivity index (χ4v) is 3.55. The molecule has 3 heteroatoms. The maximum atomic E-state index is 6.14. The van der Waals surface area contributed by atoms with Crippen LogP contribution in [-0.4, -0.2) is 31.1 Å². The molecule has 0 radical (unpaired) electrons. The zero-order valence-corrected chi connectivity index (χ0v) is 13.3. The third-order valence-electron chi connectivity index (χ3n) is 4.86. The van der Waals surface area contributed by atoms with Crippen LogP contribution in [0.3, 0.4) is 0 Å². The molecular weight excluding hydrogens is 248 g/mol. The number of nitrogens with two attached hydrogens (primary N) is 1. The number of ether oxygens (including phenoxy) is 1. The van der Waals surface area contributed by atoms with Crippen LogP contribution >= 0.6 is 0 Å². The summed E-state index contributed by atoms with van der Waals surface area (Å²) in [6.07, 6.45) is 3.60. The van der Waals surface area contributed by atoms with Gasteiger partial charge in [0.25, 0.3) is 0 Å². The number of nitrogens with zero attached hydrogens (tertiary/aromatic N) is 1. The highest BCUT2D eigenvalue weighted by molar-refractivity contribution is 5.33. The Labute approximate surface area is 123 Å². The summed E-state index contributed by atoms with van der Waals surface area (Å²) >= 11 is 0. The van der Waals surface area contributed by atoms with Crippen LogP contribution in [0.25, 0.3) is 0 Å². The minimum Gasteiger partial charge on any atom is -0.496 e. The lowest BCUT2D eigenvalue weighted by atomic mass is 9.86. The number of methoxy groups -OCH3 is 1. The van der Waals surface area contributed by atoms with Crippen molar-refractivity contribution in [2.75, 3.05) is 20.7 Å². The molecule has 0 heterocycles. The summed E-state index contributed by atoms with van der Waals surface area (Å²) in [4.78, 5) is 2.43. The number of para-hydroxylation sites is 1. The van der Waals surface area contributed by atoms with Crippen molar-refractivity contribution in [2.45, 2.75) is 45.2 Å². The van der Waals surface area contributed by atoms with Gasteiger partial charge in [-0.1, -0.05) is 32.0 Å². The molecule has 1 unspecified atom stereocenters. The van der Waals surface area contributed by atoms with Crippen molar-refractivity contribution in [3.8, 4) is 5.75 Å². The molecule has 2 N–H and O–H groups in total. The monoisotopic (exact) mass is 276 g/mol. The Bertz CT molecular complexity index is 458. The normalized spacial score (nSPS) is 25.1. The summed E-state index contributed by atoms with van der Waals surface area (Å²) < 4.78 is 5.46. The first kappa shape index (κ1) is 15.3. The predicted molar refractivity (Wildman–Crippen MR) is 83.9 cm³/mol. The van der Waals surface area contributed by atoms with E-state index in [0.717, 1.165) is 18.8 Å². The van der Waals surface area contributed by atoms with E-state index in [9.17, 15) is 0 Å². The van der Waals surface area contributed by atoms with Crippen molar-refractivity contribution in [1.82, 2.24) is 4.90 Å². The van der Waals surface area contributed by atoms with Crippen LogP contribution in [0, 0.1) is 5.41 Å². The van der Waals surface area contributed by atoms with E-state index in [-0.39, 0.29) is 5.54 Å². The highest BCUT2D eigenvalue weighted by Crippen LogP contribution is 2.46. The molecule has 0 aliphatic heterocycles. The van der Waals surface area contributed by atoms with E-state index in [1.54, 1.807) is 7.11 Å². The maximum Gasteiger partial charge on any atom is 0.123 e. The lowest BCUT2D eigenvalue weighted by Gasteiger charge is -2.39. The highest BCUT2D eigenvalue weighted by atomic mass is 16.5. The molecule has 0 saturated heterocycles. The van der Waals surface area contributed by atoms with Crippen molar-refractivity contribution in [3.05, 3.63) is 29.8 Å². The molecule has 1 fully saturated rings. The Morgan fingerprint density at radius 3 is 2.50 bits per heavy atom. The molecule has 1 aliphatic rings. The minimum atomic E-state index is 0.129. The van der Waals surface area contributed by atoms with Crippen molar-refractivity contribution < 1.29 is 4.74 Å². The van der Waals surface area contributed by atoms with Crippen LogP contribution in [0.1, 0.15) is 38.7 Å². The average Bonchev–Trinajstić information content (AvgIpc) is 2.76. The molecule has 1 aromatic rings. The molecule has 0 bridgehead atoms. The van der Waals surface area contributed by atoms with E-state index in [1.807, 2.05) is 12.1 Å². The molecule has 0 spiro atoms. The fraction of sp³-hybridized carbons (Fsp3) is 0.647. The van der Waals surface area contributed by atoms with E-state index >= 15 is 0 Å². The third-order valence-corrected chi connectivity index (χ3v) is 4.86. The van der Waals surface area contributed by atoms with Crippen LogP contribution in [0.4, 0.5) is 0 Å². The van der Waals surface area contributed by atoms with Gasteiger partial charge in [-0.15, -0.1) is 0 Å². The Morgan fingerprint density at radius 2 is 1.95 bits per heavy atom. The standard InChI is InChI=1S/C17H28N2O/c1-16(2)9-10-17(12-16,13-18)19(3)11-14-7-5-6-8-15(14)20-4/h5-8H,9-13,18H2,1-4H3. The molecule has 2 rings (SSSR count). The largest absolute Gasteiger partial charge is 0.496 e. The SMILES string of the molecule is COc1ccccc1CN(C)C1(CN)CCC(C)(C)C1. The van der Waals surface area contributed by atoms with Crippen LogP contribution in [-0.2, 0) is 6.54 Å². The lowest BCUT2D eigenvalue weighted by Crippen LogP contribution is -2.50. The number of rotatable bonds is 5.